The van der Waals surface area contributed by atoms with Gasteiger partial charge in [-0.2, -0.15) is 0 Å². The van der Waals surface area contributed by atoms with Crippen molar-refractivity contribution in [2.45, 2.75) is 25.3 Å². The predicted octanol–water partition coefficient (Wildman–Crippen LogP) is 3.32. The van der Waals surface area contributed by atoms with Crippen LogP contribution in [0, 0.1) is 4.84 Å². The van der Waals surface area contributed by atoms with Crippen molar-refractivity contribution in [3.05, 3.63) is 34.1 Å². The van der Waals surface area contributed by atoms with E-state index in [-0.39, 0.29) is 5.79 Å². The molecule has 0 atom stereocenters. The molecular formula is C16H18ClN3O3S. The van der Waals surface area contributed by atoms with Gasteiger partial charge in [0.05, 0.1) is 19.9 Å². The van der Waals surface area contributed by atoms with E-state index in [0.29, 0.717) is 35.6 Å². The Hall–Kier alpha value is -1.25. The molecule has 2 aliphatic rings. The lowest BCUT2D eigenvalue weighted by atomic mass is 10.0. The molecule has 1 spiro atoms. The van der Waals surface area contributed by atoms with Gasteiger partial charge in [-0.3, -0.25) is 4.90 Å². The van der Waals surface area contributed by atoms with Gasteiger partial charge >= 0.3 is 0 Å². The maximum Gasteiger partial charge on any atom is 0.288 e. The molecule has 0 unspecified atom stereocenters. The summed E-state index contributed by atoms with van der Waals surface area (Å²) in [6.45, 7) is 3.75. The molecule has 1 aromatic carbocycles. The molecule has 2 aromatic rings. The molecule has 2 saturated heterocycles. The topological polar surface area (TPSA) is 52.7 Å². The molecule has 3 heterocycles. The zero-order valence-corrected chi connectivity index (χ0v) is 14.7. The molecule has 1 aromatic heterocycles. The molecule has 2 aliphatic heterocycles. The number of ether oxygens (including phenoxy) is 2. The third-order valence-corrected chi connectivity index (χ3v) is 5.01. The lowest BCUT2D eigenvalue weighted by Gasteiger charge is -2.37. The molecule has 0 aliphatic carbocycles. The van der Waals surface area contributed by atoms with Gasteiger partial charge in [-0.05, 0) is 36.5 Å². The Morgan fingerprint density at radius 1 is 1.12 bits per heavy atom. The predicted molar refractivity (Wildman–Crippen MR) is 91.2 cm³/mol. The molecule has 0 amide bonds. The van der Waals surface area contributed by atoms with Crippen LogP contribution in [0.5, 0.6) is 0 Å². The summed E-state index contributed by atoms with van der Waals surface area (Å²) in [6, 6.07) is 7.35. The van der Waals surface area contributed by atoms with Crippen LogP contribution in [0.15, 0.2) is 28.7 Å². The van der Waals surface area contributed by atoms with Crippen molar-refractivity contribution < 1.29 is 13.9 Å². The number of hydrogen-bond acceptors (Lipinski definition) is 6. The number of benzene rings is 1. The van der Waals surface area contributed by atoms with Crippen LogP contribution in [-0.4, -0.2) is 46.8 Å². The monoisotopic (exact) mass is 367 g/mol. The van der Waals surface area contributed by atoms with Crippen LogP contribution in [0.1, 0.15) is 12.8 Å². The van der Waals surface area contributed by atoms with Gasteiger partial charge in [-0.15, -0.1) is 5.10 Å². The average Bonchev–Trinajstić information content (AvgIpc) is 3.18. The highest BCUT2D eigenvalue weighted by Gasteiger charge is 2.39. The van der Waals surface area contributed by atoms with Crippen LogP contribution >= 0.6 is 23.8 Å². The highest BCUT2D eigenvalue weighted by molar-refractivity contribution is 7.71. The minimum Gasteiger partial charge on any atom is -0.409 e. The van der Waals surface area contributed by atoms with Gasteiger partial charge < -0.3 is 13.9 Å². The molecule has 128 valence electrons. The van der Waals surface area contributed by atoms with E-state index in [1.165, 1.54) is 0 Å². The zero-order valence-electron chi connectivity index (χ0n) is 13.1. The first-order valence-electron chi connectivity index (χ1n) is 7.98. The molecule has 24 heavy (non-hydrogen) atoms. The maximum absolute atomic E-state index is 5.91. The van der Waals surface area contributed by atoms with Crippen molar-refractivity contribution in [3.63, 3.8) is 0 Å². The normalized spacial score (nSPS) is 20.7. The fraction of sp³-hybridized carbons (Fsp3) is 0.500. The van der Waals surface area contributed by atoms with Gasteiger partial charge in [0.15, 0.2) is 5.79 Å². The van der Waals surface area contributed by atoms with Crippen LogP contribution < -0.4 is 0 Å². The Balaban J connectivity index is 1.44. The smallest absolute Gasteiger partial charge is 0.288 e. The number of hydrogen-bond donors (Lipinski definition) is 0. The van der Waals surface area contributed by atoms with E-state index in [9.17, 15) is 0 Å². The molecule has 0 bridgehead atoms. The van der Waals surface area contributed by atoms with E-state index in [2.05, 4.69) is 10.00 Å². The highest BCUT2D eigenvalue weighted by Crippen LogP contribution is 2.31. The van der Waals surface area contributed by atoms with Crippen molar-refractivity contribution in [1.29, 1.82) is 0 Å². The molecule has 6 nitrogen and oxygen atoms in total. The largest absolute Gasteiger partial charge is 0.409 e. The molecule has 2 fully saturated rings. The first-order valence-corrected chi connectivity index (χ1v) is 8.76. The van der Waals surface area contributed by atoms with E-state index >= 15 is 0 Å². The lowest BCUT2D eigenvalue weighted by Crippen LogP contribution is -2.45. The first-order chi connectivity index (χ1) is 11.6. The summed E-state index contributed by atoms with van der Waals surface area (Å²) in [5.41, 5.74) is 0.856. The van der Waals surface area contributed by atoms with E-state index in [0.717, 1.165) is 31.5 Å². The third-order valence-electron chi connectivity index (χ3n) is 4.46. The lowest BCUT2D eigenvalue weighted by molar-refractivity contribution is -0.187. The van der Waals surface area contributed by atoms with Gasteiger partial charge in [0, 0.05) is 36.5 Å². The Morgan fingerprint density at radius 3 is 2.46 bits per heavy atom. The summed E-state index contributed by atoms with van der Waals surface area (Å²) in [6.07, 6.45) is 1.73. The molecule has 4 rings (SSSR count). The number of halogens is 1. The van der Waals surface area contributed by atoms with Crippen molar-refractivity contribution in [1.82, 2.24) is 14.7 Å². The molecular weight excluding hydrogens is 350 g/mol. The van der Waals surface area contributed by atoms with Crippen LogP contribution in [0.25, 0.3) is 11.5 Å². The second-order valence-corrected chi connectivity index (χ2v) is 6.83. The second-order valence-electron chi connectivity index (χ2n) is 6.05. The quantitative estimate of drug-likeness (QED) is 0.776. The van der Waals surface area contributed by atoms with Crippen molar-refractivity contribution >= 4 is 23.8 Å². The number of aromatic nitrogens is 2. The first kappa shape index (κ1) is 16.2. The van der Waals surface area contributed by atoms with E-state index in [1.54, 1.807) is 16.8 Å². The fourth-order valence-corrected chi connectivity index (χ4v) is 3.42. The van der Waals surface area contributed by atoms with Crippen LogP contribution in [0.3, 0.4) is 0 Å². The summed E-state index contributed by atoms with van der Waals surface area (Å²) in [4.78, 5) is 2.65. The Bertz CT molecular complexity index is 758. The minimum atomic E-state index is -0.365. The van der Waals surface area contributed by atoms with Gasteiger partial charge in [0.2, 0.25) is 5.89 Å². The number of piperidine rings is 1. The van der Waals surface area contributed by atoms with Gasteiger partial charge in [-0.25, -0.2) is 4.68 Å². The molecule has 8 heteroatoms. The Kier molecular flexibility index (Phi) is 4.44. The minimum absolute atomic E-state index is 0.365. The summed E-state index contributed by atoms with van der Waals surface area (Å²) < 4.78 is 18.8. The summed E-state index contributed by atoms with van der Waals surface area (Å²) in [7, 11) is 0. The van der Waals surface area contributed by atoms with E-state index < -0.39 is 0 Å². The number of likely N-dealkylation sites (tertiary alicyclic amines) is 1. The van der Waals surface area contributed by atoms with Crippen molar-refractivity contribution in [2.75, 3.05) is 26.3 Å². The SMILES string of the molecule is S=c1oc(-c2ccc(Cl)cc2)nn1CN1CCC2(CC1)OCCO2. The standard InChI is InChI=1S/C16H18ClN3O3S/c17-13-3-1-12(2-4-13)14-18-20(15(24)23-14)11-19-7-5-16(6-8-19)21-9-10-22-16/h1-4H,5-11H2. The van der Waals surface area contributed by atoms with Gasteiger partial charge in [0.25, 0.3) is 4.84 Å². The van der Waals surface area contributed by atoms with E-state index in [1.807, 2.05) is 12.1 Å². The fourth-order valence-electron chi connectivity index (χ4n) is 3.12. The molecule has 0 radical (unpaired) electrons. The molecule has 0 saturated carbocycles. The Morgan fingerprint density at radius 2 is 1.79 bits per heavy atom. The molecule has 0 N–H and O–H groups in total. The number of rotatable bonds is 3. The summed E-state index contributed by atoms with van der Waals surface area (Å²) in [5, 5.41) is 5.17. The van der Waals surface area contributed by atoms with Crippen LogP contribution in [0.2, 0.25) is 5.02 Å². The van der Waals surface area contributed by atoms with Gasteiger partial charge in [-0.1, -0.05) is 11.6 Å². The van der Waals surface area contributed by atoms with Gasteiger partial charge in [0.1, 0.15) is 0 Å². The van der Waals surface area contributed by atoms with Crippen LogP contribution in [0.4, 0.5) is 0 Å². The number of nitrogens with zero attached hydrogens (tertiary/aromatic N) is 3. The third kappa shape index (κ3) is 3.27. The maximum atomic E-state index is 5.91. The Labute approximate surface area is 149 Å². The average molecular weight is 368 g/mol. The van der Waals surface area contributed by atoms with Crippen molar-refractivity contribution in [2.24, 2.45) is 0 Å². The zero-order chi connectivity index (χ0) is 16.6. The summed E-state index contributed by atoms with van der Waals surface area (Å²) >= 11 is 11.2. The van der Waals surface area contributed by atoms with E-state index in [4.69, 9.17) is 37.7 Å². The van der Waals surface area contributed by atoms with Crippen molar-refractivity contribution in [3.8, 4) is 11.5 Å². The second kappa shape index (κ2) is 6.57. The van der Waals surface area contributed by atoms with Crippen LogP contribution in [-0.2, 0) is 16.1 Å². The highest BCUT2D eigenvalue weighted by atomic mass is 35.5. The summed E-state index contributed by atoms with van der Waals surface area (Å²) in [5.74, 6) is 0.142.